The molecule has 1 aromatic rings. The second-order valence-electron chi connectivity index (χ2n) is 6.03. The minimum atomic E-state index is -0.343. The molecule has 0 radical (unpaired) electrons. The number of hydrogen-bond donors (Lipinski definition) is 1. The molecule has 1 N–H and O–H groups in total. The molecule has 0 amide bonds. The lowest BCUT2D eigenvalue weighted by Crippen LogP contribution is -2.48. The van der Waals surface area contributed by atoms with Crippen LogP contribution in [0.5, 0.6) is 0 Å². The van der Waals surface area contributed by atoms with Crippen LogP contribution in [0, 0.1) is 13.8 Å². The molecule has 2 fully saturated rings. The first-order valence-corrected chi connectivity index (χ1v) is 8.55. The summed E-state index contributed by atoms with van der Waals surface area (Å²) in [4.78, 5) is 4.67. The first-order valence-electron chi connectivity index (χ1n) is 7.67. The standard InChI is InChI=1S/C16H24N2O2S/c1-11-8-12(2)18-15(9-11)21-14-10-16(19-6-7-20-16)5-4-13(14)17-3/h8-9,13-14,17H,4-7,10H2,1-3H3. The second-order valence-corrected chi connectivity index (χ2v) is 7.29. The van der Waals surface area contributed by atoms with E-state index in [9.17, 15) is 0 Å². The average Bonchev–Trinajstić information content (AvgIpc) is 2.86. The zero-order valence-corrected chi connectivity index (χ0v) is 13.8. The smallest absolute Gasteiger partial charge is 0.169 e. The molecule has 2 aliphatic rings. The van der Waals surface area contributed by atoms with Crippen molar-refractivity contribution in [1.82, 2.24) is 10.3 Å². The van der Waals surface area contributed by atoms with Gasteiger partial charge in [-0.1, -0.05) is 0 Å². The Kier molecular flexibility index (Phi) is 4.54. The number of pyridine rings is 1. The molecular weight excluding hydrogens is 284 g/mol. The second kappa shape index (κ2) is 6.24. The van der Waals surface area contributed by atoms with E-state index < -0.39 is 0 Å². The van der Waals surface area contributed by atoms with Crippen LogP contribution in [0.4, 0.5) is 0 Å². The first kappa shape index (κ1) is 15.3. The molecule has 5 heteroatoms. The summed E-state index contributed by atoms with van der Waals surface area (Å²) >= 11 is 1.85. The monoisotopic (exact) mass is 308 g/mol. The van der Waals surface area contributed by atoms with Crippen LogP contribution in [0.25, 0.3) is 0 Å². The third-order valence-electron chi connectivity index (χ3n) is 4.33. The maximum absolute atomic E-state index is 5.91. The van der Waals surface area contributed by atoms with Crippen molar-refractivity contribution < 1.29 is 9.47 Å². The van der Waals surface area contributed by atoms with Crippen LogP contribution in [-0.4, -0.2) is 42.3 Å². The fourth-order valence-electron chi connectivity index (χ4n) is 3.35. The molecule has 0 bridgehead atoms. The number of thioether (sulfide) groups is 1. The minimum absolute atomic E-state index is 0.343. The van der Waals surface area contributed by atoms with Crippen LogP contribution >= 0.6 is 11.8 Å². The zero-order chi connectivity index (χ0) is 14.9. The summed E-state index contributed by atoms with van der Waals surface area (Å²) in [5.74, 6) is -0.343. The normalized spacial score (nSPS) is 28.1. The molecule has 1 aromatic heterocycles. The Morgan fingerprint density at radius 2 is 2.05 bits per heavy atom. The largest absolute Gasteiger partial charge is 0.347 e. The Morgan fingerprint density at radius 3 is 2.71 bits per heavy atom. The van der Waals surface area contributed by atoms with Gasteiger partial charge >= 0.3 is 0 Å². The van der Waals surface area contributed by atoms with E-state index in [2.05, 4.69) is 36.3 Å². The Balaban J connectivity index is 1.76. The van der Waals surface area contributed by atoms with Crippen molar-refractivity contribution in [1.29, 1.82) is 0 Å². The highest BCUT2D eigenvalue weighted by atomic mass is 32.2. The molecule has 1 saturated carbocycles. The van der Waals surface area contributed by atoms with Gasteiger partial charge in [0.15, 0.2) is 5.79 Å². The summed E-state index contributed by atoms with van der Waals surface area (Å²) in [7, 11) is 2.04. The Labute approximate surface area is 131 Å². The van der Waals surface area contributed by atoms with E-state index in [1.54, 1.807) is 0 Å². The summed E-state index contributed by atoms with van der Waals surface area (Å²) in [6.45, 7) is 5.63. The summed E-state index contributed by atoms with van der Waals surface area (Å²) in [6, 6.07) is 4.77. The van der Waals surface area contributed by atoms with E-state index in [0.29, 0.717) is 11.3 Å². The molecule has 116 valence electrons. The van der Waals surface area contributed by atoms with Gasteiger partial charge in [-0.2, -0.15) is 0 Å². The highest BCUT2D eigenvalue weighted by molar-refractivity contribution is 7.99. The maximum Gasteiger partial charge on any atom is 0.169 e. The third-order valence-corrected chi connectivity index (χ3v) is 5.58. The Hall–Kier alpha value is -0.620. The highest BCUT2D eigenvalue weighted by Gasteiger charge is 2.45. The van der Waals surface area contributed by atoms with Crippen molar-refractivity contribution in [2.75, 3.05) is 20.3 Å². The van der Waals surface area contributed by atoms with Crippen molar-refractivity contribution in [3.63, 3.8) is 0 Å². The molecule has 0 aromatic carbocycles. The molecule has 1 aliphatic heterocycles. The van der Waals surface area contributed by atoms with Gasteiger partial charge in [0.25, 0.3) is 0 Å². The molecule has 2 heterocycles. The summed E-state index contributed by atoms with van der Waals surface area (Å²) in [6.07, 6.45) is 2.99. The Bertz CT molecular complexity index is 483. The van der Waals surface area contributed by atoms with Gasteiger partial charge in [0.1, 0.15) is 0 Å². The van der Waals surface area contributed by atoms with Gasteiger partial charge in [-0.3, -0.25) is 0 Å². The van der Waals surface area contributed by atoms with Gasteiger partial charge in [-0.25, -0.2) is 4.98 Å². The third kappa shape index (κ3) is 3.42. The van der Waals surface area contributed by atoms with Crippen molar-refractivity contribution >= 4 is 11.8 Å². The average molecular weight is 308 g/mol. The van der Waals surface area contributed by atoms with Crippen LogP contribution in [-0.2, 0) is 9.47 Å². The topological polar surface area (TPSA) is 43.4 Å². The highest BCUT2D eigenvalue weighted by Crippen LogP contribution is 2.42. The van der Waals surface area contributed by atoms with E-state index in [1.807, 2.05) is 18.8 Å². The van der Waals surface area contributed by atoms with E-state index >= 15 is 0 Å². The van der Waals surface area contributed by atoms with Crippen molar-refractivity contribution in [3.05, 3.63) is 23.4 Å². The van der Waals surface area contributed by atoms with Gasteiger partial charge in [0, 0.05) is 29.8 Å². The Morgan fingerprint density at radius 1 is 1.29 bits per heavy atom. The molecule has 1 spiro atoms. The van der Waals surface area contributed by atoms with Crippen LogP contribution in [0.15, 0.2) is 17.2 Å². The van der Waals surface area contributed by atoms with Crippen molar-refractivity contribution in [2.24, 2.45) is 0 Å². The number of nitrogens with one attached hydrogen (secondary N) is 1. The molecule has 3 rings (SSSR count). The number of rotatable bonds is 3. The van der Waals surface area contributed by atoms with Crippen molar-refractivity contribution in [3.8, 4) is 0 Å². The summed E-state index contributed by atoms with van der Waals surface area (Å²) < 4.78 is 11.8. The number of ether oxygens (including phenoxy) is 2. The van der Waals surface area contributed by atoms with E-state index in [-0.39, 0.29) is 5.79 Å². The fourth-order valence-corrected chi connectivity index (χ4v) is 4.88. The van der Waals surface area contributed by atoms with Gasteiger partial charge in [-0.15, -0.1) is 11.8 Å². The van der Waals surface area contributed by atoms with E-state index in [0.717, 1.165) is 43.2 Å². The summed E-state index contributed by atoms with van der Waals surface area (Å²) in [5, 5.41) is 4.98. The number of hydrogen-bond acceptors (Lipinski definition) is 5. The predicted octanol–water partition coefficient (Wildman–Crippen LogP) is 2.67. The lowest BCUT2D eigenvalue weighted by atomic mass is 9.89. The number of aryl methyl sites for hydroxylation is 2. The minimum Gasteiger partial charge on any atom is -0.347 e. The number of nitrogens with zero attached hydrogens (tertiary/aromatic N) is 1. The maximum atomic E-state index is 5.91. The summed E-state index contributed by atoms with van der Waals surface area (Å²) in [5.41, 5.74) is 2.35. The van der Waals surface area contributed by atoms with E-state index in [1.165, 1.54) is 5.56 Å². The molecule has 4 nitrogen and oxygen atoms in total. The lowest BCUT2D eigenvalue weighted by molar-refractivity contribution is -0.177. The molecule has 1 aliphatic carbocycles. The number of aromatic nitrogens is 1. The van der Waals surface area contributed by atoms with Gasteiger partial charge in [0.2, 0.25) is 0 Å². The molecule has 2 atom stereocenters. The predicted molar refractivity (Wildman–Crippen MR) is 84.7 cm³/mol. The quantitative estimate of drug-likeness (QED) is 0.930. The lowest BCUT2D eigenvalue weighted by Gasteiger charge is -2.40. The van der Waals surface area contributed by atoms with Crippen molar-refractivity contribution in [2.45, 2.75) is 55.2 Å². The fraction of sp³-hybridized carbons (Fsp3) is 0.688. The van der Waals surface area contributed by atoms with Crippen LogP contribution in [0.2, 0.25) is 0 Å². The molecule has 21 heavy (non-hydrogen) atoms. The van der Waals surface area contributed by atoms with Gasteiger partial charge < -0.3 is 14.8 Å². The van der Waals surface area contributed by atoms with Crippen LogP contribution < -0.4 is 5.32 Å². The SMILES string of the molecule is CNC1CCC2(CC1Sc1cc(C)cc(C)n1)OCCO2. The van der Waals surface area contributed by atoms with Gasteiger partial charge in [0.05, 0.1) is 18.2 Å². The zero-order valence-electron chi connectivity index (χ0n) is 13.0. The van der Waals surface area contributed by atoms with E-state index in [4.69, 9.17) is 9.47 Å². The molecule has 2 unspecified atom stereocenters. The first-order chi connectivity index (χ1) is 10.1. The molecular formula is C16H24N2O2S. The van der Waals surface area contributed by atoms with Crippen LogP contribution in [0.1, 0.15) is 30.5 Å². The van der Waals surface area contributed by atoms with Gasteiger partial charge in [-0.05, 0) is 45.0 Å². The van der Waals surface area contributed by atoms with Crippen LogP contribution in [0.3, 0.4) is 0 Å². The molecule has 1 saturated heterocycles.